The van der Waals surface area contributed by atoms with Gasteiger partial charge >= 0.3 is 0 Å². The second-order valence-electron chi connectivity index (χ2n) is 4.94. The first-order valence-corrected chi connectivity index (χ1v) is 8.32. The van der Waals surface area contributed by atoms with Crippen LogP contribution in [0.3, 0.4) is 0 Å². The molecule has 22 heavy (non-hydrogen) atoms. The molecule has 1 heterocycles. The SMILES string of the molecule is Cc1ccc(S(=O)(=O)C=COn2ccc3ccccc32)cc1. The average molecular weight is 313 g/mol. The minimum Gasteiger partial charge on any atom is -0.382 e. The highest BCUT2D eigenvalue weighted by atomic mass is 32.2. The number of hydrogen-bond acceptors (Lipinski definition) is 3. The fourth-order valence-corrected chi connectivity index (χ4v) is 2.99. The lowest BCUT2D eigenvalue weighted by atomic mass is 10.2. The minimum absolute atomic E-state index is 0.246. The van der Waals surface area contributed by atoms with E-state index in [1.165, 1.54) is 11.0 Å². The van der Waals surface area contributed by atoms with E-state index in [2.05, 4.69) is 0 Å². The summed E-state index contributed by atoms with van der Waals surface area (Å²) in [6.07, 6.45) is 2.93. The summed E-state index contributed by atoms with van der Waals surface area (Å²) in [5.74, 6) is 0. The van der Waals surface area contributed by atoms with Crippen LogP contribution in [0, 0.1) is 6.92 Å². The van der Waals surface area contributed by atoms with Crippen molar-refractivity contribution in [2.75, 3.05) is 0 Å². The van der Waals surface area contributed by atoms with E-state index >= 15 is 0 Å². The molecule has 0 fully saturated rings. The fourth-order valence-electron chi connectivity index (χ4n) is 2.12. The van der Waals surface area contributed by atoms with Crippen LogP contribution >= 0.6 is 0 Å². The van der Waals surface area contributed by atoms with Gasteiger partial charge in [0.05, 0.1) is 15.8 Å². The molecule has 112 valence electrons. The van der Waals surface area contributed by atoms with Crippen molar-refractivity contribution in [3.8, 4) is 0 Å². The molecule has 0 N–H and O–H groups in total. The second kappa shape index (κ2) is 5.69. The van der Waals surface area contributed by atoms with E-state index in [1.807, 2.05) is 37.3 Å². The van der Waals surface area contributed by atoms with Gasteiger partial charge < -0.3 is 4.84 Å². The van der Waals surface area contributed by atoms with E-state index in [9.17, 15) is 8.42 Å². The molecule has 1 aromatic heterocycles. The second-order valence-corrected chi connectivity index (χ2v) is 6.77. The molecule has 4 nitrogen and oxygen atoms in total. The largest absolute Gasteiger partial charge is 0.382 e. The molecule has 0 atom stereocenters. The molecule has 0 amide bonds. The molecule has 2 aromatic carbocycles. The number of para-hydroxylation sites is 1. The molecule has 0 aliphatic rings. The number of rotatable bonds is 4. The Labute approximate surface area is 129 Å². The van der Waals surface area contributed by atoms with Crippen molar-refractivity contribution in [3.05, 3.63) is 78.0 Å². The van der Waals surface area contributed by atoms with Crippen molar-refractivity contribution in [2.45, 2.75) is 11.8 Å². The van der Waals surface area contributed by atoms with Gasteiger partial charge in [-0.05, 0) is 31.2 Å². The normalized spacial score (nSPS) is 12.0. The van der Waals surface area contributed by atoms with Crippen LogP contribution in [-0.2, 0) is 9.84 Å². The lowest BCUT2D eigenvalue weighted by Crippen LogP contribution is -2.04. The molecule has 0 bridgehead atoms. The van der Waals surface area contributed by atoms with Crippen LogP contribution in [0.15, 0.2) is 77.4 Å². The lowest BCUT2D eigenvalue weighted by Gasteiger charge is -2.03. The molecule has 0 saturated heterocycles. The van der Waals surface area contributed by atoms with Crippen LogP contribution < -0.4 is 4.84 Å². The van der Waals surface area contributed by atoms with E-state index in [0.29, 0.717) is 0 Å². The molecule has 0 unspecified atom stereocenters. The lowest BCUT2D eigenvalue weighted by molar-refractivity contribution is 0.226. The third-order valence-corrected chi connectivity index (χ3v) is 4.72. The Morgan fingerprint density at radius 2 is 1.73 bits per heavy atom. The fraction of sp³-hybridized carbons (Fsp3) is 0.0588. The molecule has 0 saturated carbocycles. The summed E-state index contributed by atoms with van der Waals surface area (Å²) >= 11 is 0. The molecular weight excluding hydrogens is 298 g/mol. The van der Waals surface area contributed by atoms with Gasteiger partial charge in [-0.15, -0.1) is 0 Å². The van der Waals surface area contributed by atoms with Crippen LogP contribution in [0.4, 0.5) is 0 Å². The van der Waals surface area contributed by atoms with E-state index in [1.54, 1.807) is 30.5 Å². The molecule has 0 radical (unpaired) electrons. The number of hydrogen-bond donors (Lipinski definition) is 0. The highest BCUT2D eigenvalue weighted by Gasteiger charge is 2.10. The Hall–Kier alpha value is -2.53. The van der Waals surface area contributed by atoms with Gasteiger partial charge in [0.25, 0.3) is 0 Å². The summed E-state index contributed by atoms with van der Waals surface area (Å²) in [5.41, 5.74) is 1.89. The Bertz CT molecular complexity index is 922. The average Bonchev–Trinajstić information content (AvgIpc) is 2.91. The summed E-state index contributed by atoms with van der Waals surface area (Å²) in [7, 11) is -3.50. The van der Waals surface area contributed by atoms with Crippen molar-refractivity contribution < 1.29 is 13.3 Å². The molecule has 0 aliphatic carbocycles. The van der Waals surface area contributed by atoms with Crippen molar-refractivity contribution in [1.82, 2.24) is 4.73 Å². The van der Waals surface area contributed by atoms with Gasteiger partial charge in [-0.2, -0.15) is 4.73 Å². The van der Waals surface area contributed by atoms with Crippen molar-refractivity contribution in [2.24, 2.45) is 0 Å². The number of fused-ring (bicyclic) bond motifs is 1. The zero-order chi connectivity index (χ0) is 15.6. The van der Waals surface area contributed by atoms with E-state index < -0.39 is 9.84 Å². The molecule has 0 spiro atoms. The van der Waals surface area contributed by atoms with E-state index in [4.69, 9.17) is 4.84 Å². The third kappa shape index (κ3) is 2.89. The number of aryl methyl sites for hydroxylation is 1. The molecule has 0 aliphatic heterocycles. The number of benzene rings is 2. The smallest absolute Gasteiger partial charge is 0.202 e. The van der Waals surface area contributed by atoms with Crippen LogP contribution in [0.2, 0.25) is 0 Å². The van der Waals surface area contributed by atoms with Crippen LogP contribution in [0.5, 0.6) is 0 Å². The van der Waals surface area contributed by atoms with Gasteiger partial charge in [0.2, 0.25) is 9.84 Å². The van der Waals surface area contributed by atoms with Gasteiger partial charge in [-0.3, -0.25) is 0 Å². The first-order chi connectivity index (χ1) is 10.6. The molecule has 5 heteroatoms. The van der Waals surface area contributed by atoms with E-state index in [0.717, 1.165) is 21.9 Å². The number of sulfone groups is 1. The van der Waals surface area contributed by atoms with Gasteiger partial charge in [-0.25, -0.2) is 8.42 Å². The first-order valence-electron chi connectivity index (χ1n) is 6.78. The monoisotopic (exact) mass is 313 g/mol. The standard InChI is InChI=1S/C17H15NO3S/c1-14-6-8-16(9-7-14)22(19,20)13-12-21-18-11-10-15-4-2-3-5-17(15)18/h2-13H,1H3. The third-order valence-electron chi connectivity index (χ3n) is 3.32. The van der Waals surface area contributed by atoms with Crippen LogP contribution in [0.1, 0.15) is 5.56 Å². The van der Waals surface area contributed by atoms with Crippen LogP contribution in [0.25, 0.3) is 10.9 Å². The van der Waals surface area contributed by atoms with Crippen molar-refractivity contribution in [1.29, 1.82) is 0 Å². The first kappa shape index (κ1) is 14.4. The minimum atomic E-state index is -3.50. The predicted molar refractivity (Wildman–Crippen MR) is 86.0 cm³/mol. The maximum Gasteiger partial charge on any atom is 0.202 e. The van der Waals surface area contributed by atoms with Crippen molar-refractivity contribution >= 4 is 20.7 Å². The Kier molecular flexibility index (Phi) is 3.73. The summed E-state index contributed by atoms with van der Waals surface area (Å²) < 4.78 is 25.8. The molecular formula is C17H15NO3S. The van der Waals surface area contributed by atoms with Gasteiger partial charge in [0.1, 0.15) is 6.26 Å². The van der Waals surface area contributed by atoms with Gasteiger partial charge in [0.15, 0.2) is 0 Å². The summed E-state index contributed by atoms with van der Waals surface area (Å²) in [6.45, 7) is 1.91. The zero-order valence-electron chi connectivity index (χ0n) is 12.0. The predicted octanol–water partition coefficient (Wildman–Crippen LogP) is 3.32. The Morgan fingerprint density at radius 3 is 2.50 bits per heavy atom. The summed E-state index contributed by atoms with van der Waals surface area (Å²) in [4.78, 5) is 5.64. The van der Waals surface area contributed by atoms with Gasteiger partial charge in [-0.1, -0.05) is 35.9 Å². The quantitative estimate of drug-likeness (QED) is 0.694. The summed E-state index contributed by atoms with van der Waals surface area (Å²) in [5, 5.41) is 2.09. The van der Waals surface area contributed by atoms with Gasteiger partial charge in [0, 0.05) is 11.6 Å². The number of aromatic nitrogens is 1. The molecule has 3 aromatic rings. The maximum atomic E-state index is 12.2. The van der Waals surface area contributed by atoms with Crippen LogP contribution in [-0.4, -0.2) is 13.1 Å². The highest BCUT2D eigenvalue weighted by Crippen LogP contribution is 2.15. The summed E-state index contributed by atoms with van der Waals surface area (Å²) in [6, 6.07) is 16.3. The topological polar surface area (TPSA) is 48.3 Å². The Morgan fingerprint density at radius 1 is 1.00 bits per heavy atom. The Balaban J connectivity index is 1.80. The molecule has 3 rings (SSSR count). The zero-order valence-corrected chi connectivity index (χ0v) is 12.8. The van der Waals surface area contributed by atoms with Crippen molar-refractivity contribution in [3.63, 3.8) is 0 Å². The number of nitrogens with zero attached hydrogens (tertiary/aromatic N) is 1. The van der Waals surface area contributed by atoms with E-state index in [-0.39, 0.29) is 4.90 Å². The highest BCUT2D eigenvalue weighted by molar-refractivity contribution is 7.94. The maximum absolute atomic E-state index is 12.2.